The van der Waals surface area contributed by atoms with Gasteiger partial charge >= 0.3 is 0 Å². The number of hydrogen-bond acceptors (Lipinski definition) is 4. The normalized spacial score (nSPS) is 15.9. The summed E-state index contributed by atoms with van der Waals surface area (Å²) in [6.07, 6.45) is 3.09. The maximum absolute atomic E-state index is 12.0. The van der Waals surface area contributed by atoms with Crippen LogP contribution in [0.3, 0.4) is 0 Å². The maximum Gasteiger partial charge on any atom is 0.263 e. The highest BCUT2D eigenvalue weighted by Crippen LogP contribution is 2.22. The number of amides is 1. The van der Waals surface area contributed by atoms with Crippen molar-refractivity contribution >= 4 is 32.7 Å². The molecule has 29 heavy (non-hydrogen) atoms. The fourth-order valence-corrected chi connectivity index (χ4v) is 4.67. The molecule has 0 spiro atoms. The topological polar surface area (TPSA) is 92.6 Å². The molecule has 2 N–H and O–H groups in total. The van der Waals surface area contributed by atoms with E-state index in [1.165, 1.54) is 10.9 Å². The van der Waals surface area contributed by atoms with Crippen LogP contribution in [-0.2, 0) is 21.4 Å². The Kier molecular flexibility index (Phi) is 5.35. The van der Waals surface area contributed by atoms with Gasteiger partial charge in [0.25, 0.3) is 10.0 Å². The second kappa shape index (κ2) is 8.08. The van der Waals surface area contributed by atoms with E-state index in [4.69, 9.17) is 0 Å². The lowest BCUT2D eigenvalue weighted by atomic mass is 10.2. The van der Waals surface area contributed by atoms with Crippen LogP contribution in [0, 0.1) is 0 Å². The van der Waals surface area contributed by atoms with Crippen molar-refractivity contribution in [1.29, 1.82) is 0 Å². The van der Waals surface area contributed by atoms with Crippen LogP contribution in [-0.4, -0.2) is 37.8 Å². The molecule has 1 aliphatic rings. The second-order valence-electron chi connectivity index (χ2n) is 6.85. The number of fused-ring (bicyclic) bond motifs is 2. The molecule has 0 aliphatic carbocycles. The van der Waals surface area contributed by atoms with Crippen LogP contribution >= 0.6 is 0 Å². The number of sulfonamides is 1. The Morgan fingerprint density at radius 2 is 1.86 bits per heavy atom. The number of carbonyl (C=O) groups is 1. The molecular formula is C21H22N4O3S. The van der Waals surface area contributed by atoms with Gasteiger partial charge in [-0.05, 0) is 36.1 Å². The quantitative estimate of drug-likeness (QED) is 0.585. The van der Waals surface area contributed by atoms with E-state index in [9.17, 15) is 13.2 Å². The van der Waals surface area contributed by atoms with Gasteiger partial charge < -0.3 is 9.88 Å². The highest BCUT2D eigenvalue weighted by molar-refractivity contribution is 7.90. The molecule has 7 nitrogen and oxygen atoms in total. The number of amidine groups is 1. The highest BCUT2D eigenvalue weighted by atomic mass is 32.2. The number of carbonyl (C=O) groups excluding carboxylic acids is 1. The van der Waals surface area contributed by atoms with Gasteiger partial charge in [0, 0.05) is 36.8 Å². The summed E-state index contributed by atoms with van der Waals surface area (Å²) in [4.78, 5) is 16.5. The van der Waals surface area contributed by atoms with E-state index in [-0.39, 0.29) is 23.8 Å². The van der Waals surface area contributed by atoms with E-state index < -0.39 is 10.0 Å². The van der Waals surface area contributed by atoms with Gasteiger partial charge in [-0.2, -0.15) is 0 Å². The van der Waals surface area contributed by atoms with E-state index >= 15 is 0 Å². The van der Waals surface area contributed by atoms with Crippen LogP contribution < -0.4 is 10.0 Å². The highest BCUT2D eigenvalue weighted by Gasteiger charge is 2.29. The molecule has 8 heteroatoms. The molecule has 0 bridgehead atoms. The minimum Gasteiger partial charge on any atom is -0.356 e. The monoisotopic (exact) mass is 410 g/mol. The Morgan fingerprint density at radius 1 is 1.07 bits per heavy atom. The van der Waals surface area contributed by atoms with Crippen LogP contribution in [0.4, 0.5) is 0 Å². The fraction of sp³-hybridized carbons (Fsp3) is 0.238. The number of para-hydroxylation sites is 1. The molecule has 2 heterocycles. The molecular weight excluding hydrogens is 388 g/mol. The molecule has 0 radical (unpaired) electrons. The molecule has 0 atom stereocenters. The van der Waals surface area contributed by atoms with Gasteiger partial charge in [0.2, 0.25) is 5.91 Å². The molecule has 0 fully saturated rings. The number of nitrogens with one attached hydrogen (secondary N) is 2. The van der Waals surface area contributed by atoms with Crippen molar-refractivity contribution < 1.29 is 13.2 Å². The van der Waals surface area contributed by atoms with Crippen molar-refractivity contribution in [3.63, 3.8) is 0 Å². The Hall–Kier alpha value is -3.13. The number of aliphatic imine (C=N–C) groups is 1. The van der Waals surface area contributed by atoms with E-state index in [0.29, 0.717) is 17.9 Å². The third-order valence-corrected chi connectivity index (χ3v) is 6.25. The molecule has 4 rings (SSSR count). The van der Waals surface area contributed by atoms with Crippen molar-refractivity contribution in [2.75, 3.05) is 13.1 Å². The number of aromatic nitrogens is 1. The first-order valence-corrected chi connectivity index (χ1v) is 11.0. The number of aryl methyl sites for hydroxylation is 1. The zero-order valence-corrected chi connectivity index (χ0v) is 16.7. The van der Waals surface area contributed by atoms with Crippen molar-refractivity contribution in [3.05, 3.63) is 66.4 Å². The summed E-state index contributed by atoms with van der Waals surface area (Å²) in [7, 11) is -3.54. The lowest BCUT2D eigenvalue weighted by Crippen LogP contribution is -2.26. The molecule has 150 valence electrons. The van der Waals surface area contributed by atoms with Crippen LogP contribution in [0.5, 0.6) is 0 Å². The first kappa shape index (κ1) is 19.2. The summed E-state index contributed by atoms with van der Waals surface area (Å²) in [5.41, 5.74) is 1.74. The van der Waals surface area contributed by atoms with Crippen LogP contribution in [0.15, 0.2) is 70.7 Å². The lowest BCUT2D eigenvalue weighted by molar-refractivity contribution is -0.120. The molecule has 1 aliphatic heterocycles. The molecule has 0 unspecified atom stereocenters. The minimum atomic E-state index is -3.54. The summed E-state index contributed by atoms with van der Waals surface area (Å²) in [5, 5.41) is 4.10. The second-order valence-corrected chi connectivity index (χ2v) is 8.50. The van der Waals surface area contributed by atoms with Gasteiger partial charge in [0.1, 0.15) is 5.84 Å². The Labute approximate surface area is 169 Å². The lowest BCUT2D eigenvalue weighted by Gasteiger charge is -2.07. The predicted molar refractivity (Wildman–Crippen MR) is 112 cm³/mol. The maximum atomic E-state index is 12.0. The number of rotatable bonds is 7. The van der Waals surface area contributed by atoms with Crippen LogP contribution in [0.2, 0.25) is 0 Å². The van der Waals surface area contributed by atoms with Crippen molar-refractivity contribution in [1.82, 2.24) is 14.6 Å². The zero-order chi connectivity index (χ0) is 20.3. The van der Waals surface area contributed by atoms with Gasteiger partial charge in [-0.1, -0.05) is 30.3 Å². The molecule has 0 saturated heterocycles. The first-order valence-electron chi connectivity index (χ1n) is 9.52. The summed E-state index contributed by atoms with van der Waals surface area (Å²) in [6.45, 7) is 1.63. The average Bonchev–Trinajstić information content (AvgIpc) is 3.24. The average molecular weight is 410 g/mol. The summed E-state index contributed by atoms with van der Waals surface area (Å²) < 4.78 is 28.7. The van der Waals surface area contributed by atoms with Crippen molar-refractivity contribution in [2.45, 2.75) is 24.3 Å². The third kappa shape index (κ3) is 4.17. The van der Waals surface area contributed by atoms with E-state index in [2.05, 4.69) is 44.0 Å². The largest absolute Gasteiger partial charge is 0.356 e. The first-order chi connectivity index (χ1) is 14.0. The molecule has 0 saturated carbocycles. The van der Waals surface area contributed by atoms with E-state index in [0.717, 1.165) is 13.0 Å². The summed E-state index contributed by atoms with van der Waals surface area (Å²) in [6, 6.07) is 17.0. The number of hydrogen-bond donors (Lipinski definition) is 2. The Morgan fingerprint density at radius 3 is 2.76 bits per heavy atom. The van der Waals surface area contributed by atoms with E-state index in [1.54, 1.807) is 24.3 Å². The minimum absolute atomic E-state index is 0.0964. The van der Waals surface area contributed by atoms with Gasteiger partial charge in [0.15, 0.2) is 0 Å². The Bertz CT molecular complexity index is 1180. The van der Waals surface area contributed by atoms with Crippen LogP contribution in [0.1, 0.15) is 18.4 Å². The van der Waals surface area contributed by atoms with Gasteiger partial charge in [0.05, 0.1) is 11.4 Å². The number of benzene rings is 2. The fourth-order valence-electron chi connectivity index (χ4n) is 3.42. The third-order valence-electron chi connectivity index (χ3n) is 4.85. The number of nitrogens with zero attached hydrogens (tertiary/aromatic N) is 2. The van der Waals surface area contributed by atoms with Crippen molar-refractivity contribution in [2.24, 2.45) is 4.99 Å². The summed E-state index contributed by atoms with van der Waals surface area (Å²) in [5.74, 6) is 0.203. The van der Waals surface area contributed by atoms with Gasteiger partial charge in [-0.15, -0.1) is 0 Å². The van der Waals surface area contributed by atoms with Crippen LogP contribution in [0.25, 0.3) is 10.9 Å². The zero-order valence-electron chi connectivity index (χ0n) is 15.8. The summed E-state index contributed by atoms with van der Waals surface area (Å²) >= 11 is 0. The standard InChI is InChI=1S/C21H22N4O3S/c26-20(22-12-5-14-25-15-11-16-6-1-3-8-18(16)25)10-13-23-21-17-7-2-4-9-19(17)29(27,28)24-21/h1-4,6-9,11,15H,5,10,12-14H2,(H,22,26)(H,23,24). The van der Waals surface area contributed by atoms with Crippen molar-refractivity contribution in [3.8, 4) is 0 Å². The smallest absolute Gasteiger partial charge is 0.263 e. The van der Waals surface area contributed by atoms with E-state index in [1.807, 2.05) is 12.1 Å². The van der Waals surface area contributed by atoms with Gasteiger partial charge in [-0.25, -0.2) is 8.42 Å². The molecule has 1 aromatic heterocycles. The Balaban J connectivity index is 1.23. The molecule has 2 aromatic carbocycles. The van der Waals surface area contributed by atoms with Gasteiger partial charge in [-0.3, -0.25) is 14.5 Å². The molecule has 1 amide bonds. The SMILES string of the molecule is O=C(CCN=C1NS(=O)(=O)c2ccccc21)NCCCn1ccc2ccccc21. The predicted octanol–water partition coefficient (Wildman–Crippen LogP) is 2.28. The molecule has 3 aromatic rings.